The van der Waals surface area contributed by atoms with E-state index in [9.17, 15) is 0 Å². The van der Waals surface area contributed by atoms with Crippen LogP contribution in [-0.2, 0) is 13.1 Å². The van der Waals surface area contributed by atoms with E-state index in [2.05, 4.69) is 78.1 Å². The van der Waals surface area contributed by atoms with E-state index in [1.165, 1.54) is 27.6 Å². The minimum absolute atomic E-state index is 0.831. The average molecular weight is 290 g/mol. The Balaban J connectivity index is 1.93. The van der Waals surface area contributed by atoms with Crippen LogP contribution in [-0.4, -0.2) is 11.1 Å². The Morgan fingerprint density at radius 3 is 2.82 bits per heavy atom. The fourth-order valence-electron chi connectivity index (χ4n) is 2.91. The van der Waals surface area contributed by atoms with E-state index in [1.807, 2.05) is 6.08 Å². The highest BCUT2D eigenvalue weighted by molar-refractivity contribution is 5.84. The van der Waals surface area contributed by atoms with Gasteiger partial charge < -0.3 is 9.88 Å². The maximum Gasteiger partial charge on any atom is 0.0486 e. The molecule has 0 spiro atoms. The van der Waals surface area contributed by atoms with Crippen molar-refractivity contribution in [1.82, 2.24) is 9.88 Å². The Labute approximate surface area is 132 Å². The molecule has 112 valence electrons. The van der Waals surface area contributed by atoms with E-state index in [4.69, 9.17) is 0 Å². The monoisotopic (exact) mass is 290 g/mol. The highest BCUT2D eigenvalue weighted by Gasteiger charge is 2.08. The molecule has 3 aromatic rings. The molecule has 2 nitrogen and oxygen atoms in total. The van der Waals surface area contributed by atoms with Crippen LogP contribution in [0.1, 0.15) is 16.7 Å². The van der Waals surface area contributed by atoms with E-state index in [0.29, 0.717) is 0 Å². The van der Waals surface area contributed by atoms with Gasteiger partial charge in [-0.2, -0.15) is 0 Å². The normalized spacial score (nSPS) is 11.0. The fraction of sp³-hybridized carbons (Fsp3) is 0.200. The number of aryl methyl sites for hydroxylation is 1. The molecule has 2 aromatic carbocycles. The van der Waals surface area contributed by atoms with Gasteiger partial charge in [-0.1, -0.05) is 54.1 Å². The Kier molecular flexibility index (Phi) is 4.40. The first-order valence-corrected chi connectivity index (χ1v) is 7.72. The zero-order valence-electron chi connectivity index (χ0n) is 13.0. The molecule has 0 fully saturated rings. The lowest BCUT2D eigenvalue weighted by atomic mass is 10.1. The van der Waals surface area contributed by atoms with E-state index in [0.717, 1.165) is 19.6 Å². The van der Waals surface area contributed by atoms with E-state index < -0.39 is 0 Å². The number of nitrogens with one attached hydrogen (secondary N) is 1. The molecule has 1 aromatic heterocycles. The van der Waals surface area contributed by atoms with Crippen LogP contribution in [0.5, 0.6) is 0 Å². The third-order valence-corrected chi connectivity index (χ3v) is 3.91. The second kappa shape index (κ2) is 6.63. The summed E-state index contributed by atoms with van der Waals surface area (Å²) in [7, 11) is 0. The van der Waals surface area contributed by atoms with Crippen LogP contribution in [0.4, 0.5) is 0 Å². The van der Waals surface area contributed by atoms with Crippen molar-refractivity contribution in [3.05, 3.63) is 84.1 Å². The first kappa shape index (κ1) is 14.6. The summed E-state index contributed by atoms with van der Waals surface area (Å²) in [6, 6.07) is 17.3. The Hall–Kier alpha value is -2.32. The van der Waals surface area contributed by atoms with Gasteiger partial charge in [0.2, 0.25) is 0 Å². The molecule has 0 amide bonds. The van der Waals surface area contributed by atoms with Crippen LogP contribution in [0.3, 0.4) is 0 Å². The van der Waals surface area contributed by atoms with E-state index in [1.54, 1.807) is 0 Å². The molecule has 2 heteroatoms. The zero-order valence-corrected chi connectivity index (χ0v) is 13.0. The highest BCUT2D eigenvalue weighted by atomic mass is 15.0. The molecule has 0 saturated heterocycles. The summed E-state index contributed by atoms with van der Waals surface area (Å²) in [6.45, 7) is 8.50. The maximum atomic E-state index is 3.76. The Morgan fingerprint density at radius 1 is 1.14 bits per heavy atom. The van der Waals surface area contributed by atoms with Crippen LogP contribution in [0.25, 0.3) is 10.9 Å². The first-order chi connectivity index (χ1) is 10.8. The third kappa shape index (κ3) is 3.12. The number of aromatic nitrogens is 1. The fourth-order valence-corrected chi connectivity index (χ4v) is 2.91. The molecule has 0 unspecified atom stereocenters. The number of rotatable bonds is 6. The lowest BCUT2D eigenvalue weighted by molar-refractivity contribution is 0.754. The van der Waals surface area contributed by atoms with Gasteiger partial charge in [0.1, 0.15) is 0 Å². The summed E-state index contributed by atoms with van der Waals surface area (Å²) in [6.07, 6.45) is 4.16. The smallest absolute Gasteiger partial charge is 0.0486 e. The molecule has 0 aliphatic rings. The summed E-state index contributed by atoms with van der Waals surface area (Å²) in [4.78, 5) is 0. The largest absolute Gasteiger partial charge is 0.343 e. The van der Waals surface area contributed by atoms with Crippen molar-refractivity contribution in [2.75, 3.05) is 6.54 Å². The second-order valence-corrected chi connectivity index (χ2v) is 5.71. The van der Waals surface area contributed by atoms with Gasteiger partial charge >= 0.3 is 0 Å². The third-order valence-electron chi connectivity index (χ3n) is 3.91. The molecule has 0 bridgehead atoms. The molecule has 1 heterocycles. The number of nitrogens with zero attached hydrogens (tertiary/aromatic N) is 1. The van der Waals surface area contributed by atoms with Crippen molar-refractivity contribution in [1.29, 1.82) is 0 Å². The van der Waals surface area contributed by atoms with Crippen molar-refractivity contribution >= 4 is 10.9 Å². The van der Waals surface area contributed by atoms with Gasteiger partial charge in [0, 0.05) is 36.7 Å². The molecule has 0 aliphatic carbocycles. The van der Waals surface area contributed by atoms with Crippen LogP contribution in [0.2, 0.25) is 0 Å². The molecular weight excluding hydrogens is 268 g/mol. The average Bonchev–Trinajstić information content (AvgIpc) is 2.86. The minimum Gasteiger partial charge on any atom is -0.343 e. The van der Waals surface area contributed by atoms with Crippen LogP contribution >= 0.6 is 0 Å². The Morgan fingerprint density at radius 2 is 2.00 bits per heavy atom. The van der Waals surface area contributed by atoms with Gasteiger partial charge in [0.15, 0.2) is 0 Å². The Bertz CT molecular complexity index is 783. The predicted octanol–water partition coefficient (Wildman–Crippen LogP) is 4.27. The summed E-state index contributed by atoms with van der Waals surface area (Å²) in [5, 5.41) is 4.72. The molecule has 1 N–H and O–H groups in total. The maximum absolute atomic E-state index is 3.76. The topological polar surface area (TPSA) is 17.0 Å². The first-order valence-electron chi connectivity index (χ1n) is 7.72. The van der Waals surface area contributed by atoms with Crippen molar-refractivity contribution < 1.29 is 0 Å². The SMILES string of the molecule is C=CCNCc1cn(Cc2cccc(C)c2)c2ccccc12. The number of fused-ring (bicyclic) bond motifs is 1. The number of hydrogen-bond acceptors (Lipinski definition) is 1. The predicted molar refractivity (Wildman–Crippen MR) is 94.1 cm³/mol. The molecule has 0 aliphatic heterocycles. The van der Waals surface area contributed by atoms with Crippen LogP contribution in [0, 0.1) is 6.92 Å². The molecule has 0 atom stereocenters. The summed E-state index contributed by atoms with van der Waals surface area (Å²) in [5.41, 5.74) is 5.28. The van der Waals surface area contributed by atoms with Gasteiger partial charge in [0.25, 0.3) is 0 Å². The summed E-state index contributed by atoms with van der Waals surface area (Å²) < 4.78 is 2.34. The molecule has 22 heavy (non-hydrogen) atoms. The molecule has 0 radical (unpaired) electrons. The zero-order chi connectivity index (χ0) is 15.4. The van der Waals surface area contributed by atoms with Gasteiger partial charge in [-0.05, 0) is 24.1 Å². The summed E-state index contributed by atoms with van der Waals surface area (Å²) in [5.74, 6) is 0. The number of hydrogen-bond donors (Lipinski definition) is 1. The van der Waals surface area contributed by atoms with Crippen molar-refractivity contribution in [3.63, 3.8) is 0 Å². The van der Waals surface area contributed by atoms with Crippen molar-refractivity contribution in [2.24, 2.45) is 0 Å². The van der Waals surface area contributed by atoms with E-state index >= 15 is 0 Å². The van der Waals surface area contributed by atoms with Crippen molar-refractivity contribution in [3.8, 4) is 0 Å². The van der Waals surface area contributed by atoms with Gasteiger partial charge in [-0.3, -0.25) is 0 Å². The van der Waals surface area contributed by atoms with Crippen LogP contribution in [0.15, 0.2) is 67.4 Å². The molecule has 3 rings (SSSR count). The lowest BCUT2D eigenvalue weighted by Crippen LogP contribution is -2.12. The number of para-hydroxylation sites is 1. The molecule has 0 saturated carbocycles. The minimum atomic E-state index is 0.831. The molecular formula is C20H22N2. The quantitative estimate of drug-likeness (QED) is 0.530. The van der Waals surface area contributed by atoms with Gasteiger partial charge in [0.05, 0.1) is 0 Å². The van der Waals surface area contributed by atoms with Crippen molar-refractivity contribution in [2.45, 2.75) is 20.0 Å². The van der Waals surface area contributed by atoms with Gasteiger partial charge in [-0.15, -0.1) is 6.58 Å². The standard InChI is InChI=1S/C20H22N2/c1-3-11-21-13-18-15-22(20-10-5-4-9-19(18)20)14-17-8-6-7-16(2)12-17/h3-10,12,15,21H,1,11,13-14H2,2H3. The number of benzene rings is 2. The van der Waals surface area contributed by atoms with Gasteiger partial charge in [-0.25, -0.2) is 0 Å². The van der Waals surface area contributed by atoms with Crippen LogP contribution < -0.4 is 5.32 Å². The highest BCUT2D eigenvalue weighted by Crippen LogP contribution is 2.22. The van der Waals surface area contributed by atoms with E-state index in [-0.39, 0.29) is 0 Å². The lowest BCUT2D eigenvalue weighted by Gasteiger charge is -2.06. The summed E-state index contributed by atoms with van der Waals surface area (Å²) >= 11 is 0. The second-order valence-electron chi connectivity index (χ2n) is 5.71.